The first-order valence-corrected chi connectivity index (χ1v) is 10.2. The van der Waals surface area contributed by atoms with Gasteiger partial charge in [0, 0.05) is 18.0 Å². The fourth-order valence-electron chi connectivity index (χ4n) is 5.21. The van der Waals surface area contributed by atoms with E-state index in [1.165, 1.54) is 12.0 Å². The number of hydrogen-bond acceptors (Lipinski definition) is 3. The summed E-state index contributed by atoms with van der Waals surface area (Å²) >= 11 is 0. The number of carbonyl (C=O) groups excluding carboxylic acids is 3. The van der Waals surface area contributed by atoms with Crippen molar-refractivity contribution >= 4 is 23.4 Å². The molecule has 2 unspecified atom stereocenters. The van der Waals surface area contributed by atoms with Crippen LogP contribution in [0.5, 0.6) is 0 Å². The predicted molar refractivity (Wildman–Crippen MR) is 109 cm³/mol. The Morgan fingerprint density at radius 1 is 1.07 bits per heavy atom. The molecule has 3 amide bonds. The number of amides is 3. The molecule has 2 aliphatic heterocycles. The van der Waals surface area contributed by atoms with Crippen LogP contribution in [-0.4, -0.2) is 35.7 Å². The van der Waals surface area contributed by atoms with Gasteiger partial charge in [-0.05, 0) is 36.6 Å². The van der Waals surface area contributed by atoms with Crippen molar-refractivity contribution in [1.82, 2.24) is 10.2 Å². The van der Waals surface area contributed by atoms with Gasteiger partial charge in [-0.2, -0.15) is 0 Å². The lowest BCUT2D eigenvalue weighted by molar-refractivity contribution is -0.115. The molecule has 0 bridgehead atoms. The van der Waals surface area contributed by atoms with Crippen molar-refractivity contribution in [2.24, 2.45) is 5.92 Å². The molecule has 0 radical (unpaired) electrons. The first-order chi connectivity index (χ1) is 14.1. The number of hydrogen-bond donors (Lipinski definition) is 2. The van der Waals surface area contributed by atoms with Crippen LogP contribution in [0.2, 0.25) is 0 Å². The molecule has 2 aromatic rings. The maximum atomic E-state index is 13.5. The molecular weight excluding hydrogens is 366 g/mol. The lowest BCUT2D eigenvalue weighted by Gasteiger charge is -2.61. The van der Waals surface area contributed by atoms with Crippen LogP contribution >= 0.6 is 0 Å². The molecule has 2 heterocycles. The number of rotatable bonds is 2. The van der Waals surface area contributed by atoms with Gasteiger partial charge in [0.25, 0.3) is 11.8 Å². The van der Waals surface area contributed by atoms with Gasteiger partial charge in [0.2, 0.25) is 5.91 Å². The van der Waals surface area contributed by atoms with Crippen LogP contribution in [0.15, 0.2) is 48.5 Å². The Morgan fingerprint density at radius 3 is 2.69 bits per heavy atom. The summed E-state index contributed by atoms with van der Waals surface area (Å²) < 4.78 is 0. The molecule has 29 heavy (non-hydrogen) atoms. The smallest absolute Gasteiger partial charge is 0.254 e. The molecule has 1 saturated carbocycles. The van der Waals surface area contributed by atoms with E-state index < -0.39 is 0 Å². The quantitative estimate of drug-likeness (QED) is 0.829. The molecule has 0 aromatic heterocycles. The van der Waals surface area contributed by atoms with Gasteiger partial charge in [-0.25, -0.2) is 0 Å². The van der Waals surface area contributed by atoms with Gasteiger partial charge in [0.1, 0.15) is 0 Å². The van der Waals surface area contributed by atoms with Gasteiger partial charge in [-0.1, -0.05) is 43.2 Å². The summed E-state index contributed by atoms with van der Waals surface area (Å²) in [5.74, 6) is -0.171. The maximum Gasteiger partial charge on any atom is 0.254 e. The van der Waals surface area contributed by atoms with E-state index in [0.717, 1.165) is 25.8 Å². The van der Waals surface area contributed by atoms with Crippen LogP contribution in [0.3, 0.4) is 0 Å². The highest BCUT2D eigenvalue weighted by molar-refractivity contribution is 6.10. The molecule has 2 atom stereocenters. The molecule has 6 nitrogen and oxygen atoms in total. The molecule has 1 aliphatic carbocycles. The fraction of sp³-hybridized carbons (Fsp3) is 0.348. The van der Waals surface area contributed by atoms with Crippen LogP contribution in [-0.2, 0) is 10.3 Å². The zero-order chi connectivity index (χ0) is 20.0. The minimum Gasteiger partial charge on any atom is -0.343 e. The highest BCUT2D eigenvalue weighted by Gasteiger charge is 2.57. The number of carbonyl (C=O) groups is 3. The average Bonchev–Trinajstić information content (AvgIpc) is 2.87. The van der Waals surface area contributed by atoms with Gasteiger partial charge in [0.15, 0.2) is 0 Å². The van der Waals surface area contributed by atoms with Crippen molar-refractivity contribution in [1.29, 1.82) is 0 Å². The second kappa shape index (κ2) is 6.72. The number of fused-ring (bicyclic) bond motifs is 2. The van der Waals surface area contributed by atoms with Crippen molar-refractivity contribution in [2.75, 3.05) is 18.4 Å². The monoisotopic (exact) mass is 389 g/mol. The normalized spacial score (nSPS) is 25.7. The standard InChI is InChI=1S/C23H23N3O3/c27-20-13-24-21(28)18-10-9-15(12-19(18)25-20)22(29)26-14-17-8-4-5-11-23(17,26)16-6-2-1-3-7-16/h1-3,6-7,9-10,12,17H,4-5,8,11,13-14H2,(H,24,28)(H,25,27). The average molecular weight is 389 g/mol. The molecular formula is C23H23N3O3. The van der Waals surface area contributed by atoms with Gasteiger partial charge in [0.05, 0.1) is 23.3 Å². The predicted octanol–water partition coefficient (Wildman–Crippen LogP) is 2.91. The minimum atomic E-state index is -0.311. The largest absolute Gasteiger partial charge is 0.343 e. The number of anilines is 1. The summed E-state index contributed by atoms with van der Waals surface area (Å²) in [6.45, 7) is 0.680. The Labute approximate surface area is 169 Å². The first kappa shape index (κ1) is 17.9. The molecule has 0 spiro atoms. The van der Waals surface area contributed by atoms with Crippen molar-refractivity contribution < 1.29 is 14.4 Å². The molecule has 1 saturated heterocycles. The van der Waals surface area contributed by atoms with Crippen LogP contribution in [0.1, 0.15) is 52.0 Å². The van der Waals surface area contributed by atoms with Crippen molar-refractivity contribution in [3.8, 4) is 0 Å². The summed E-state index contributed by atoms with van der Waals surface area (Å²) in [5, 5.41) is 5.29. The van der Waals surface area contributed by atoms with Crippen molar-refractivity contribution in [3.63, 3.8) is 0 Å². The van der Waals surface area contributed by atoms with Crippen molar-refractivity contribution in [3.05, 3.63) is 65.2 Å². The molecule has 2 aromatic carbocycles. The zero-order valence-corrected chi connectivity index (χ0v) is 16.1. The van der Waals surface area contributed by atoms with Crippen LogP contribution in [0.4, 0.5) is 5.69 Å². The van der Waals surface area contributed by atoms with E-state index in [2.05, 4.69) is 22.8 Å². The number of likely N-dealkylation sites (tertiary alicyclic amines) is 1. The van der Waals surface area contributed by atoms with Gasteiger partial charge in [-0.3, -0.25) is 14.4 Å². The van der Waals surface area contributed by atoms with E-state index in [9.17, 15) is 14.4 Å². The number of benzene rings is 2. The molecule has 2 N–H and O–H groups in total. The third kappa shape index (κ3) is 2.74. The lowest BCUT2D eigenvalue weighted by Crippen LogP contribution is -2.67. The Bertz CT molecular complexity index is 1000. The highest BCUT2D eigenvalue weighted by Crippen LogP contribution is 2.54. The van der Waals surface area contributed by atoms with E-state index >= 15 is 0 Å². The maximum absolute atomic E-state index is 13.5. The van der Waals surface area contributed by atoms with Crippen molar-refractivity contribution in [2.45, 2.75) is 31.2 Å². The van der Waals surface area contributed by atoms with E-state index in [1.54, 1.807) is 18.2 Å². The number of nitrogens with one attached hydrogen (secondary N) is 2. The van der Waals surface area contributed by atoms with E-state index in [-0.39, 0.29) is 29.8 Å². The Morgan fingerprint density at radius 2 is 1.90 bits per heavy atom. The SMILES string of the molecule is O=C1CNC(=O)c2ccc(C(=O)N3CC4CCCCC43c3ccccc3)cc2N1. The van der Waals surface area contributed by atoms with E-state index in [0.29, 0.717) is 22.7 Å². The summed E-state index contributed by atoms with van der Waals surface area (Å²) in [5.41, 5.74) is 2.23. The third-order valence-corrected chi connectivity index (χ3v) is 6.63. The molecule has 2 fully saturated rings. The van der Waals surface area contributed by atoms with Crippen LogP contribution in [0.25, 0.3) is 0 Å². The van der Waals surface area contributed by atoms with Gasteiger partial charge >= 0.3 is 0 Å². The first-order valence-electron chi connectivity index (χ1n) is 10.2. The summed E-state index contributed by atoms with van der Waals surface area (Å²) in [4.78, 5) is 39.5. The summed E-state index contributed by atoms with van der Waals surface area (Å²) in [6, 6.07) is 15.3. The molecule has 148 valence electrons. The van der Waals surface area contributed by atoms with Crippen LogP contribution < -0.4 is 10.6 Å². The second-order valence-electron chi connectivity index (χ2n) is 8.14. The van der Waals surface area contributed by atoms with Gasteiger partial charge in [-0.15, -0.1) is 0 Å². The Hall–Kier alpha value is -3.15. The lowest BCUT2D eigenvalue weighted by atomic mass is 9.61. The zero-order valence-electron chi connectivity index (χ0n) is 16.1. The highest BCUT2D eigenvalue weighted by atomic mass is 16.2. The van der Waals surface area contributed by atoms with Crippen LogP contribution in [0, 0.1) is 5.92 Å². The topological polar surface area (TPSA) is 78.5 Å². The summed E-state index contributed by atoms with van der Waals surface area (Å²) in [6.07, 6.45) is 4.42. The van der Waals surface area contributed by atoms with E-state index in [4.69, 9.17) is 0 Å². The van der Waals surface area contributed by atoms with E-state index in [1.807, 2.05) is 23.1 Å². The molecule has 5 rings (SSSR count). The fourth-order valence-corrected chi connectivity index (χ4v) is 5.21. The molecule has 3 aliphatic rings. The number of nitrogens with zero attached hydrogens (tertiary/aromatic N) is 1. The minimum absolute atomic E-state index is 0.0475. The Balaban J connectivity index is 1.51. The third-order valence-electron chi connectivity index (χ3n) is 6.63. The molecule has 6 heteroatoms. The van der Waals surface area contributed by atoms with Gasteiger partial charge < -0.3 is 15.5 Å². The Kier molecular flexibility index (Phi) is 4.15. The second-order valence-corrected chi connectivity index (χ2v) is 8.14. The summed E-state index contributed by atoms with van der Waals surface area (Å²) in [7, 11) is 0.